The van der Waals surface area contributed by atoms with E-state index in [1.807, 2.05) is 31.2 Å². The molecule has 0 radical (unpaired) electrons. The highest BCUT2D eigenvalue weighted by Crippen LogP contribution is 2.19. The molecule has 0 unspecified atom stereocenters. The van der Waals surface area contributed by atoms with Gasteiger partial charge in [0.15, 0.2) is 0 Å². The van der Waals surface area contributed by atoms with E-state index in [2.05, 4.69) is 5.32 Å². The Kier molecular flexibility index (Phi) is 7.60. The molecule has 0 atom stereocenters. The van der Waals surface area contributed by atoms with Crippen molar-refractivity contribution in [2.45, 2.75) is 32.6 Å². The molecule has 2 aromatic rings. The second kappa shape index (κ2) is 9.71. The summed E-state index contributed by atoms with van der Waals surface area (Å²) in [5.74, 6) is 0.430. The van der Waals surface area contributed by atoms with E-state index in [0.717, 1.165) is 16.9 Å². The van der Waals surface area contributed by atoms with Crippen molar-refractivity contribution in [3.63, 3.8) is 0 Å². The van der Waals surface area contributed by atoms with Crippen LogP contribution in [0.15, 0.2) is 47.4 Å². The van der Waals surface area contributed by atoms with Gasteiger partial charge in [0.1, 0.15) is 12.4 Å². The van der Waals surface area contributed by atoms with E-state index in [0.29, 0.717) is 31.8 Å². The number of amides is 1. The maximum absolute atomic E-state index is 12.7. The van der Waals surface area contributed by atoms with Crippen molar-refractivity contribution in [3.05, 3.63) is 59.2 Å². The topological polar surface area (TPSA) is 75.7 Å². The Labute approximate surface area is 167 Å². The lowest BCUT2D eigenvalue weighted by Gasteiger charge is -2.19. The number of benzene rings is 2. The van der Waals surface area contributed by atoms with Crippen molar-refractivity contribution in [2.24, 2.45) is 0 Å². The molecule has 0 spiro atoms. The number of hydrogen-bond acceptors (Lipinski definition) is 4. The molecule has 0 aliphatic rings. The minimum absolute atomic E-state index is 0.128. The average molecular weight is 405 g/mol. The zero-order chi connectivity index (χ0) is 20.7. The molecule has 0 fully saturated rings. The second-order valence-corrected chi connectivity index (χ2v) is 8.42. The number of nitrogens with zero attached hydrogens (tertiary/aromatic N) is 1. The monoisotopic (exact) mass is 404 g/mol. The summed E-state index contributed by atoms with van der Waals surface area (Å²) in [6, 6.07) is 12.3. The lowest BCUT2D eigenvalue weighted by atomic mass is 10.1. The first-order chi connectivity index (χ1) is 13.3. The van der Waals surface area contributed by atoms with Crippen molar-refractivity contribution in [1.29, 1.82) is 0 Å². The van der Waals surface area contributed by atoms with Gasteiger partial charge in [-0.15, -0.1) is 0 Å². The van der Waals surface area contributed by atoms with E-state index >= 15 is 0 Å². The maximum Gasteiger partial charge on any atom is 0.251 e. The molecule has 0 aliphatic carbocycles. The summed E-state index contributed by atoms with van der Waals surface area (Å²) < 4.78 is 32.4. The van der Waals surface area contributed by atoms with Gasteiger partial charge in [0.05, 0.1) is 11.4 Å². The number of sulfonamides is 1. The second-order valence-electron chi connectivity index (χ2n) is 6.49. The van der Waals surface area contributed by atoms with Gasteiger partial charge in [-0.05, 0) is 49.2 Å². The molecule has 7 heteroatoms. The summed E-state index contributed by atoms with van der Waals surface area (Å²) in [4.78, 5) is 12.7. The van der Waals surface area contributed by atoms with Crippen LogP contribution >= 0.6 is 0 Å². The Morgan fingerprint density at radius 1 is 1.07 bits per heavy atom. The molecule has 0 aliphatic heterocycles. The molecule has 1 amide bonds. The van der Waals surface area contributed by atoms with Crippen LogP contribution in [0, 0.1) is 13.8 Å². The van der Waals surface area contributed by atoms with Crippen molar-refractivity contribution in [3.8, 4) is 5.75 Å². The van der Waals surface area contributed by atoms with Crippen molar-refractivity contribution < 1.29 is 17.9 Å². The molecule has 0 aromatic heterocycles. The van der Waals surface area contributed by atoms with E-state index in [9.17, 15) is 13.2 Å². The van der Waals surface area contributed by atoms with E-state index < -0.39 is 10.0 Å². The van der Waals surface area contributed by atoms with Gasteiger partial charge in [-0.1, -0.05) is 32.0 Å². The third kappa shape index (κ3) is 5.33. The number of carbonyl (C=O) groups excluding carboxylic acids is 1. The highest BCUT2D eigenvalue weighted by Gasteiger charge is 2.23. The minimum atomic E-state index is -3.61. The van der Waals surface area contributed by atoms with E-state index in [-0.39, 0.29) is 10.8 Å². The van der Waals surface area contributed by atoms with Crippen LogP contribution in [0.3, 0.4) is 0 Å². The highest BCUT2D eigenvalue weighted by molar-refractivity contribution is 7.89. The number of hydrogen-bond donors (Lipinski definition) is 1. The van der Waals surface area contributed by atoms with Gasteiger partial charge >= 0.3 is 0 Å². The van der Waals surface area contributed by atoms with Crippen LogP contribution < -0.4 is 10.1 Å². The van der Waals surface area contributed by atoms with Crippen LogP contribution in [0.2, 0.25) is 0 Å². The Balaban J connectivity index is 2.04. The lowest BCUT2D eigenvalue weighted by molar-refractivity contribution is 0.0946. The first kappa shape index (κ1) is 21.9. The number of rotatable bonds is 9. The van der Waals surface area contributed by atoms with Crippen molar-refractivity contribution in [1.82, 2.24) is 9.62 Å². The van der Waals surface area contributed by atoms with Crippen LogP contribution in [0.5, 0.6) is 5.75 Å². The summed E-state index contributed by atoms with van der Waals surface area (Å²) in [6.07, 6.45) is 0. The quantitative estimate of drug-likeness (QED) is 0.652. The highest BCUT2D eigenvalue weighted by atomic mass is 32.2. The summed E-state index contributed by atoms with van der Waals surface area (Å²) >= 11 is 0. The fourth-order valence-electron chi connectivity index (χ4n) is 2.85. The largest absolute Gasteiger partial charge is 0.492 e. The SMILES string of the molecule is CCN(CC)S(=O)(=O)c1ccc(C)c(C(=O)NCCOc2cccc(C)c2)c1. The van der Waals surface area contributed by atoms with Gasteiger partial charge in [0.2, 0.25) is 10.0 Å². The molecule has 0 saturated carbocycles. The number of nitrogens with one attached hydrogen (secondary N) is 1. The van der Waals surface area contributed by atoms with Gasteiger partial charge in [-0.2, -0.15) is 4.31 Å². The van der Waals surface area contributed by atoms with Crippen LogP contribution in [0.4, 0.5) is 0 Å². The fraction of sp³-hybridized carbons (Fsp3) is 0.381. The predicted octanol–water partition coefficient (Wildman–Crippen LogP) is 3.14. The first-order valence-electron chi connectivity index (χ1n) is 9.38. The van der Waals surface area contributed by atoms with E-state index in [1.54, 1.807) is 32.9 Å². The normalized spacial score (nSPS) is 11.5. The average Bonchev–Trinajstić information content (AvgIpc) is 2.66. The van der Waals surface area contributed by atoms with Crippen LogP contribution in [0.25, 0.3) is 0 Å². The maximum atomic E-state index is 12.7. The molecule has 2 rings (SSSR count). The third-order valence-electron chi connectivity index (χ3n) is 4.44. The molecule has 1 N–H and O–H groups in total. The molecule has 28 heavy (non-hydrogen) atoms. The van der Waals surface area contributed by atoms with Gasteiger partial charge in [0.25, 0.3) is 5.91 Å². The zero-order valence-corrected chi connectivity index (χ0v) is 17.7. The summed E-state index contributed by atoms with van der Waals surface area (Å²) in [5, 5.41) is 2.79. The number of carbonyl (C=O) groups is 1. The molecule has 2 aromatic carbocycles. The Morgan fingerprint density at radius 3 is 2.43 bits per heavy atom. The first-order valence-corrected chi connectivity index (χ1v) is 10.8. The van der Waals surface area contributed by atoms with Crippen molar-refractivity contribution >= 4 is 15.9 Å². The summed E-state index contributed by atoms with van der Waals surface area (Å²) in [7, 11) is -3.61. The van der Waals surface area contributed by atoms with Crippen LogP contribution in [-0.4, -0.2) is 44.9 Å². The van der Waals surface area contributed by atoms with Gasteiger partial charge < -0.3 is 10.1 Å². The Bertz CT molecular complexity index is 922. The molecule has 0 bridgehead atoms. The predicted molar refractivity (Wildman–Crippen MR) is 110 cm³/mol. The van der Waals surface area contributed by atoms with Crippen LogP contribution in [-0.2, 0) is 10.0 Å². The fourth-order valence-corrected chi connectivity index (χ4v) is 4.34. The smallest absolute Gasteiger partial charge is 0.251 e. The molecule has 152 valence electrons. The lowest BCUT2D eigenvalue weighted by Crippen LogP contribution is -2.31. The summed E-state index contributed by atoms with van der Waals surface area (Å²) in [5.41, 5.74) is 2.17. The standard InChI is InChI=1S/C21H28N2O4S/c1-5-23(6-2)28(25,26)19-11-10-17(4)20(15-19)21(24)22-12-13-27-18-9-7-8-16(3)14-18/h7-11,14-15H,5-6,12-13H2,1-4H3,(H,22,24). The minimum Gasteiger partial charge on any atom is -0.492 e. The van der Waals surface area contributed by atoms with E-state index in [4.69, 9.17) is 4.74 Å². The van der Waals surface area contributed by atoms with Gasteiger partial charge in [-0.25, -0.2) is 8.42 Å². The van der Waals surface area contributed by atoms with E-state index in [1.165, 1.54) is 10.4 Å². The Hall–Kier alpha value is -2.38. The molecular formula is C21H28N2O4S. The zero-order valence-electron chi connectivity index (χ0n) is 16.9. The molecule has 0 saturated heterocycles. The number of ether oxygens (including phenoxy) is 1. The molecule has 6 nitrogen and oxygen atoms in total. The molecule has 0 heterocycles. The Morgan fingerprint density at radius 2 is 1.79 bits per heavy atom. The van der Waals surface area contributed by atoms with Crippen LogP contribution in [0.1, 0.15) is 35.3 Å². The van der Waals surface area contributed by atoms with Gasteiger partial charge in [-0.3, -0.25) is 4.79 Å². The third-order valence-corrected chi connectivity index (χ3v) is 6.49. The van der Waals surface area contributed by atoms with Crippen molar-refractivity contribution in [2.75, 3.05) is 26.2 Å². The molecular weight excluding hydrogens is 376 g/mol. The number of aryl methyl sites for hydroxylation is 2. The van der Waals surface area contributed by atoms with Gasteiger partial charge in [0, 0.05) is 18.7 Å². The summed E-state index contributed by atoms with van der Waals surface area (Å²) in [6.45, 7) is 8.75.